The van der Waals surface area contributed by atoms with E-state index >= 15 is 0 Å². The molecule has 0 aromatic carbocycles. The van der Waals surface area contributed by atoms with Gasteiger partial charge >= 0.3 is 0 Å². The molecule has 2 aliphatic rings. The molecule has 2 saturated carbocycles. The molecule has 1 unspecified atom stereocenters. The highest BCUT2D eigenvalue weighted by molar-refractivity contribution is 4.94. The Morgan fingerprint density at radius 1 is 0.625 bits per heavy atom. The van der Waals surface area contributed by atoms with E-state index in [1.54, 1.807) is 0 Å². The summed E-state index contributed by atoms with van der Waals surface area (Å²) in [6, 6.07) is 0. The molecular weight excluding hydrogens is 192 g/mol. The van der Waals surface area contributed by atoms with Crippen molar-refractivity contribution in [3.63, 3.8) is 0 Å². The van der Waals surface area contributed by atoms with E-state index < -0.39 is 0 Å². The molecule has 1 atom stereocenters. The first-order valence-corrected chi connectivity index (χ1v) is 7.63. The maximum absolute atomic E-state index is 2.57. The van der Waals surface area contributed by atoms with Crippen LogP contribution in [-0.2, 0) is 0 Å². The highest BCUT2D eigenvalue weighted by Crippen LogP contribution is 2.34. The lowest BCUT2D eigenvalue weighted by atomic mass is 9.76. The molecule has 2 rings (SSSR count). The van der Waals surface area contributed by atoms with Crippen molar-refractivity contribution in [2.75, 3.05) is 0 Å². The van der Waals surface area contributed by atoms with Crippen LogP contribution in [0.25, 0.3) is 0 Å². The molecule has 2 fully saturated rings. The average Bonchev–Trinajstić information content (AvgIpc) is 2.18. The molecule has 92 valence electrons. The minimum atomic E-state index is 0.929. The Morgan fingerprint density at radius 2 is 1.25 bits per heavy atom. The van der Waals surface area contributed by atoms with Gasteiger partial charge in [0.2, 0.25) is 0 Å². The highest BCUT2D eigenvalue weighted by atomic mass is 14.3. The predicted molar refractivity (Wildman–Crippen MR) is 71.0 cm³/mol. The van der Waals surface area contributed by atoms with Crippen molar-refractivity contribution < 1.29 is 0 Å². The topological polar surface area (TPSA) is 0 Å². The third-order valence-corrected chi connectivity index (χ3v) is 4.55. The van der Waals surface area contributed by atoms with Gasteiger partial charge in [0, 0.05) is 0 Å². The largest absolute Gasteiger partial charge is 0.0533 e. The van der Waals surface area contributed by atoms with E-state index in [0.717, 1.165) is 11.8 Å². The van der Waals surface area contributed by atoms with E-state index in [1.165, 1.54) is 77.0 Å². The number of hydrogen-bond donors (Lipinski definition) is 0. The van der Waals surface area contributed by atoms with Crippen molar-refractivity contribution in [1.82, 2.24) is 0 Å². The summed E-state index contributed by atoms with van der Waals surface area (Å²) in [5, 5.41) is 0. The van der Waals surface area contributed by atoms with Crippen LogP contribution < -0.4 is 0 Å². The minimum absolute atomic E-state index is 0.929. The van der Waals surface area contributed by atoms with E-state index in [0.29, 0.717) is 0 Å². The molecule has 0 spiro atoms. The van der Waals surface area contributed by atoms with Gasteiger partial charge in [-0.15, -0.1) is 0 Å². The first kappa shape index (κ1) is 12.5. The SMILES string of the molecule is [CH]1[CH]C(C2CCCCCCC2)CCCCC1. The van der Waals surface area contributed by atoms with Gasteiger partial charge in [-0.2, -0.15) is 0 Å². The first-order valence-electron chi connectivity index (χ1n) is 7.63. The summed E-state index contributed by atoms with van der Waals surface area (Å²) in [5.41, 5.74) is 0. The molecule has 0 nitrogen and oxygen atoms in total. The van der Waals surface area contributed by atoms with Crippen molar-refractivity contribution in [1.29, 1.82) is 0 Å². The maximum atomic E-state index is 2.57. The summed E-state index contributed by atoms with van der Waals surface area (Å²) < 4.78 is 0. The molecule has 2 aliphatic carbocycles. The van der Waals surface area contributed by atoms with Gasteiger partial charge < -0.3 is 0 Å². The molecule has 2 radical (unpaired) electrons. The average molecular weight is 220 g/mol. The zero-order valence-corrected chi connectivity index (χ0v) is 10.8. The van der Waals surface area contributed by atoms with Crippen LogP contribution in [0.3, 0.4) is 0 Å². The van der Waals surface area contributed by atoms with E-state index in [4.69, 9.17) is 0 Å². The minimum Gasteiger partial charge on any atom is -0.0533 e. The van der Waals surface area contributed by atoms with Crippen LogP contribution in [0, 0.1) is 24.7 Å². The fourth-order valence-electron chi connectivity index (χ4n) is 3.49. The molecule has 0 amide bonds. The Hall–Kier alpha value is 0. The number of rotatable bonds is 1. The summed E-state index contributed by atoms with van der Waals surface area (Å²) >= 11 is 0. The Kier molecular flexibility index (Phi) is 5.72. The lowest BCUT2D eigenvalue weighted by Gasteiger charge is -2.30. The zero-order valence-electron chi connectivity index (χ0n) is 10.8. The van der Waals surface area contributed by atoms with Crippen LogP contribution in [0.1, 0.15) is 77.0 Å². The maximum Gasteiger partial charge on any atom is -0.0318 e. The van der Waals surface area contributed by atoms with Crippen LogP contribution in [0.15, 0.2) is 0 Å². The fourth-order valence-corrected chi connectivity index (χ4v) is 3.49. The Bertz CT molecular complexity index is 137. The molecule has 0 bridgehead atoms. The third kappa shape index (κ3) is 4.11. The third-order valence-electron chi connectivity index (χ3n) is 4.55. The van der Waals surface area contributed by atoms with Crippen LogP contribution in [0.2, 0.25) is 0 Å². The second-order valence-electron chi connectivity index (χ2n) is 5.84. The highest BCUT2D eigenvalue weighted by Gasteiger charge is 2.22. The molecular formula is C16H28. The van der Waals surface area contributed by atoms with Crippen LogP contribution in [0.5, 0.6) is 0 Å². The summed E-state index contributed by atoms with van der Waals surface area (Å²) in [4.78, 5) is 0. The molecule has 0 saturated heterocycles. The van der Waals surface area contributed by atoms with Crippen molar-refractivity contribution in [3.8, 4) is 0 Å². The Balaban J connectivity index is 1.81. The fraction of sp³-hybridized carbons (Fsp3) is 0.875. The quantitative estimate of drug-likeness (QED) is 0.560. The predicted octanol–water partition coefficient (Wildman–Crippen LogP) is 5.34. The lowest BCUT2D eigenvalue weighted by molar-refractivity contribution is 0.271. The molecule has 0 heteroatoms. The summed E-state index contributed by atoms with van der Waals surface area (Å²) in [7, 11) is 0. The van der Waals surface area contributed by atoms with Gasteiger partial charge in [0.25, 0.3) is 0 Å². The first-order chi connectivity index (χ1) is 7.97. The van der Waals surface area contributed by atoms with E-state index in [-0.39, 0.29) is 0 Å². The second-order valence-corrected chi connectivity index (χ2v) is 5.84. The van der Waals surface area contributed by atoms with Gasteiger partial charge in [-0.05, 0) is 37.5 Å². The van der Waals surface area contributed by atoms with E-state index in [1.807, 2.05) is 0 Å². The Labute approximate surface area is 102 Å². The lowest BCUT2D eigenvalue weighted by Crippen LogP contribution is -2.18. The molecule has 16 heavy (non-hydrogen) atoms. The molecule has 0 aromatic rings. The van der Waals surface area contributed by atoms with E-state index in [9.17, 15) is 0 Å². The summed E-state index contributed by atoms with van der Waals surface area (Å²) in [6.45, 7) is 0. The van der Waals surface area contributed by atoms with Gasteiger partial charge in [-0.3, -0.25) is 0 Å². The standard InChI is InChI=1S/C16H28/c1-3-7-11-15(12-8-4-1)16-13-9-5-2-6-10-14-16/h7,11,15-16H,1-6,8-10,12-14H2. The molecule has 0 heterocycles. The summed E-state index contributed by atoms with van der Waals surface area (Å²) in [5.74, 6) is 1.95. The monoisotopic (exact) mass is 220 g/mol. The van der Waals surface area contributed by atoms with Crippen molar-refractivity contribution >= 4 is 0 Å². The molecule has 0 aromatic heterocycles. The van der Waals surface area contributed by atoms with Crippen LogP contribution in [-0.4, -0.2) is 0 Å². The molecule has 0 N–H and O–H groups in total. The Morgan fingerprint density at radius 3 is 2.06 bits per heavy atom. The normalized spacial score (nSPS) is 27.8. The van der Waals surface area contributed by atoms with Crippen LogP contribution in [0.4, 0.5) is 0 Å². The van der Waals surface area contributed by atoms with Gasteiger partial charge in [0.1, 0.15) is 0 Å². The number of hydrogen-bond acceptors (Lipinski definition) is 0. The van der Waals surface area contributed by atoms with Crippen molar-refractivity contribution in [2.24, 2.45) is 11.8 Å². The smallest absolute Gasteiger partial charge is 0.0318 e. The van der Waals surface area contributed by atoms with Gasteiger partial charge in [0.15, 0.2) is 0 Å². The zero-order chi connectivity index (χ0) is 11.1. The molecule has 0 aliphatic heterocycles. The van der Waals surface area contributed by atoms with Crippen molar-refractivity contribution in [3.05, 3.63) is 12.8 Å². The van der Waals surface area contributed by atoms with Gasteiger partial charge in [-0.25, -0.2) is 0 Å². The second kappa shape index (κ2) is 7.35. The van der Waals surface area contributed by atoms with Crippen LogP contribution >= 0.6 is 0 Å². The van der Waals surface area contributed by atoms with E-state index in [2.05, 4.69) is 12.8 Å². The van der Waals surface area contributed by atoms with Gasteiger partial charge in [0.05, 0.1) is 0 Å². The summed E-state index contributed by atoms with van der Waals surface area (Å²) in [6.07, 6.45) is 22.7. The van der Waals surface area contributed by atoms with Gasteiger partial charge in [-0.1, -0.05) is 64.2 Å². The van der Waals surface area contributed by atoms with Crippen molar-refractivity contribution in [2.45, 2.75) is 77.0 Å².